The van der Waals surface area contributed by atoms with Crippen LogP contribution in [0.1, 0.15) is 37.0 Å². The molecule has 2 rings (SSSR count). The number of aromatic nitrogens is 2. The maximum Gasteiger partial charge on any atom is 0.338 e. The zero-order valence-corrected chi connectivity index (χ0v) is 14.1. The van der Waals surface area contributed by atoms with Gasteiger partial charge in [0, 0.05) is 12.4 Å². The van der Waals surface area contributed by atoms with Crippen molar-refractivity contribution in [1.82, 2.24) is 9.61 Å². The third-order valence-electron chi connectivity index (χ3n) is 3.31. The van der Waals surface area contributed by atoms with Crippen LogP contribution in [0.5, 0.6) is 0 Å². The molecule has 0 spiro atoms. The third kappa shape index (κ3) is 5.30. The topological polar surface area (TPSA) is 96.2 Å². The maximum absolute atomic E-state index is 12.3. The van der Waals surface area contributed by atoms with Crippen LogP contribution in [0.25, 0.3) is 5.52 Å². The van der Waals surface area contributed by atoms with Gasteiger partial charge in [0.2, 0.25) is 0 Å². The highest BCUT2D eigenvalue weighted by atomic mass is 16.6. The summed E-state index contributed by atoms with van der Waals surface area (Å²) >= 11 is 0. The molecule has 134 valence electrons. The Hall–Kier alpha value is -2.90. The van der Waals surface area contributed by atoms with Crippen LogP contribution in [-0.4, -0.2) is 46.8 Å². The summed E-state index contributed by atoms with van der Waals surface area (Å²) in [5.74, 6) is -1.73. The van der Waals surface area contributed by atoms with Crippen LogP contribution in [0.15, 0.2) is 30.6 Å². The monoisotopic (exact) mass is 348 g/mol. The van der Waals surface area contributed by atoms with Crippen molar-refractivity contribution in [1.29, 1.82) is 0 Å². The first-order valence-corrected chi connectivity index (χ1v) is 7.99. The lowest BCUT2D eigenvalue weighted by Crippen LogP contribution is -2.26. The summed E-state index contributed by atoms with van der Waals surface area (Å²) in [6.45, 7) is 3.75. The second kappa shape index (κ2) is 8.81. The van der Waals surface area contributed by atoms with E-state index in [0.29, 0.717) is 5.56 Å². The number of nitrogens with zero attached hydrogens (tertiary/aromatic N) is 2. The molecule has 0 aromatic carbocycles. The van der Waals surface area contributed by atoms with Gasteiger partial charge in [0.25, 0.3) is 0 Å². The molecule has 0 N–H and O–H groups in total. The van der Waals surface area contributed by atoms with Gasteiger partial charge in [-0.2, -0.15) is 5.10 Å². The smallest absolute Gasteiger partial charge is 0.338 e. The van der Waals surface area contributed by atoms with Crippen molar-refractivity contribution < 1.29 is 28.6 Å². The van der Waals surface area contributed by atoms with Crippen LogP contribution < -0.4 is 0 Å². The van der Waals surface area contributed by atoms with Gasteiger partial charge in [0.15, 0.2) is 0 Å². The number of rotatable bonds is 8. The fourth-order valence-corrected chi connectivity index (χ4v) is 2.24. The van der Waals surface area contributed by atoms with Gasteiger partial charge in [0.1, 0.15) is 6.10 Å². The number of pyridine rings is 1. The van der Waals surface area contributed by atoms with Gasteiger partial charge in [-0.15, -0.1) is 0 Å². The molecule has 0 saturated heterocycles. The first kappa shape index (κ1) is 18.4. The second-order valence-electron chi connectivity index (χ2n) is 5.16. The molecule has 0 bridgehead atoms. The number of esters is 3. The highest BCUT2D eigenvalue weighted by molar-refractivity contribution is 5.91. The molecule has 0 radical (unpaired) electrons. The Bertz CT molecular complexity index is 734. The van der Waals surface area contributed by atoms with Crippen LogP contribution in [0.2, 0.25) is 0 Å². The zero-order chi connectivity index (χ0) is 18.2. The van der Waals surface area contributed by atoms with Crippen molar-refractivity contribution in [3.8, 4) is 0 Å². The van der Waals surface area contributed by atoms with Crippen molar-refractivity contribution in [2.45, 2.75) is 32.8 Å². The van der Waals surface area contributed by atoms with Gasteiger partial charge >= 0.3 is 17.9 Å². The molecular formula is C17H20N2O6. The van der Waals surface area contributed by atoms with Gasteiger partial charge in [0.05, 0.1) is 37.1 Å². The Morgan fingerprint density at radius 2 is 1.72 bits per heavy atom. The van der Waals surface area contributed by atoms with E-state index in [1.165, 1.54) is 0 Å². The number of fused-ring (bicyclic) bond motifs is 1. The molecule has 2 aromatic heterocycles. The largest absolute Gasteiger partial charge is 0.466 e. The van der Waals surface area contributed by atoms with E-state index in [0.717, 1.165) is 5.52 Å². The Kier molecular flexibility index (Phi) is 6.50. The summed E-state index contributed by atoms with van der Waals surface area (Å²) in [6, 6.07) is 4.90. The molecule has 0 aliphatic rings. The molecule has 2 aromatic rings. The van der Waals surface area contributed by atoms with Gasteiger partial charge < -0.3 is 14.2 Å². The van der Waals surface area contributed by atoms with Gasteiger partial charge in [-0.25, -0.2) is 9.31 Å². The SMILES string of the molecule is CCOC(=O)CC(CC(=O)OCC)OC(=O)c1ccn2nccc2c1. The number of ether oxygens (including phenoxy) is 3. The highest BCUT2D eigenvalue weighted by Gasteiger charge is 2.24. The number of hydrogen-bond donors (Lipinski definition) is 0. The first-order valence-electron chi connectivity index (χ1n) is 7.99. The van der Waals surface area contributed by atoms with Crippen molar-refractivity contribution in [2.75, 3.05) is 13.2 Å². The van der Waals surface area contributed by atoms with Gasteiger partial charge in [-0.1, -0.05) is 0 Å². The molecule has 8 heteroatoms. The summed E-state index contributed by atoms with van der Waals surface area (Å²) in [7, 11) is 0. The zero-order valence-electron chi connectivity index (χ0n) is 14.1. The summed E-state index contributed by atoms with van der Waals surface area (Å²) in [5.41, 5.74) is 1.02. The minimum Gasteiger partial charge on any atom is -0.466 e. The van der Waals surface area contributed by atoms with Crippen molar-refractivity contribution in [3.63, 3.8) is 0 Å². The second-order valence-corrected chi connectivity index (χ2v) is 5.16. The molecule has 0 aliphatic heterocycles. The summed E-state index contributed by atoms with van der Waals surface area (Å²) in [4.78, 5) is 35.7. The Morgan fingerprint density at radius 1 is 1.08 bits per heavy atom. The number of hydrogen-bond acceptors (Lipinski definition) is 7. The van der Waals surface area contributed by atoms with Crippen molar-refractivity contribution in [2.24, 2.45) is 0 Å². The predicted octanol–water partition coefficient (Wildman–Crippen LogP) is 1.77. The van der Waals surface area contributed by atoms with Crippen LogP contribution in [0, 0.1) is 0 Å². The minimum atomic E-state index is -0.952. The molecule has 0 saturated carbocycles. The Morgan fingerprint density at radius 3 is 2.32 bits per heavy atom. The lowest BCUT2D eigenvalue weighted by molar-refractivity contribution is -0.149. The Labute approximate surface area is 144 Å². The fraction of sp³-hybridized carbons (Fsp3) is 0.412. The van der Waals surface area contributed by atoms with Crippen molar-refractivity contribution >= 4 is 23.4 Å². The molecule has 0 aliphatic carbocycles. The van der Waals surface area contributed by atoms with E-state index in [4.69, 9.17) is 14.2 Å². The lowest BCUT2D eigenvalue weighted by Gasteiger charge is -2.16. The van der Waals surface area contributed by atoms with E-state index in [2.05, 4.69) is 5.10 Å². The van der Waals surface area contributed by atoms with E-state index >= 15 is 0 Å². The molecule has 0 amide bonds. The van der Waals surface area contributed by atoms with E-state index in [-0.39, 0.29) is 26.1 Å². The third-order valence-corrected chi connectivity index (χ3v) is 3.31. The summed E-state index contributed by atoms with van der Waals surface area (Å²) < 4.78 is 16.6. The molecule has 0 unspecified atom stereocenters. The van der Waals surface area contributed by atoms with Crippen LogP contribution in [0.4, 0.5) is 0 Å². The number of carbonyl (C=O) groups excluding carboxylic acids is 3. The average Bonchev–Trinajstić information content (AvgIpc) is 3.02. The molecule has 8 nitrogen and oxygen atoms in total. The van der Waals surface area contributed by atoms with E-state index in [1.54, 1.807) is 49.0 Å². The van der Waals surface area contributed by atoms with Crippen LogP contribution >= 0.6 is 0 Å². The number of carbonyl (C=O) groups is 3. The summed E-state index contributed by atoms with van der Waals surface area (Å²) in [5, 5.41) is 4.04. The van der Waals surface area contributed by atoms with E-state index in [1.807, 2.05) is 0 Å². The maximum atomic E-state index is 12.3. The normalized spacial score (nSPS) is 10.7. The first-order chi connectivity index (χ1) is 12.0. The molecule has 25 heavy (non-hydrogen) atoms. The van der Waals surface area contributed by atoms with E-state index < -0.39 is 24.0 Å². The fourth-order valence-electron chi connectivity index (χ4n) is 2.24. The standard InChI is InChI=1S/C17H20N2O6/c1-3-23-15(20)10-14(11-16(21)24-4-2)25-17(22)12-6-8-19-13(9-12)5-7-18-19/h5-9,14H,3-4,10-11H2,1-2H3. The van der Waals surface area contributed by atoms with Crippen LogP contribution in [0.3, 0.4) is 0 Å². The van der Waals surface area contributed by atoms with Gasteiger partial charge in [-0.05, 0) is 32.0 Å². The Balaban J connectivity index is 2.08. The molecule has 2 heterocycles. The van der Waals surface area contributed by atoms with Crippen LogP contribution in [-0.2, 0) is 23.8 Å². The average molecular weight is 348 g/mol. The lowest BCUT2D eigenvalue weighted by atomic mass is 10.1. The highest BCUT2D eigenvalue weighted by Crippen LogP contribution is 2.13. The quantitative estimate of drug-likeness (QED) is 0.530. The molecule has 0 fully saturated rings. The molecule has 0 atom stereocenters. The summed E-state index contributed by atoms with van der Waals surface area (Å²) in [6.07, 6.45) is 1.85. The van der Waals surface area contributed by atoms with E-state index in [9.17, 15) is 14.4 Å². The molecular weight excluding hydrogens is 328 g/mol. The minimum absolute atomic E-state index is 0.205. The van der Waals surface area contributed by atoms with Crippen molar-refractivity contribution in [3.05, 3.63) is 36.2 Å². The van der Waals surface area contributed by atoms with Gasteiger partial charge in [-0.3, -0.25) is 9.59 Å². The predicted molar refractivity (Wildman–Crippen MR) is 86.9 cm³/mol.